The second-order valence-corrected chi connectivity index (χ2v) is 2.27. The SMILES string of the molecule is CC.Cc1[nH]c(=O)nc2nc[nH]c12. The number of aryl methyl sites for hydroxylation is 1. The molecule has 0 radical (unpaired) electrons. The number of aromatic amines is 2. The first-order chi connectivity index (χ1) is 6.27. The summed E-state index contributed by atoms with van der Waals surface area (Å²) < 4.78 is 0. The average molecular weight is 180 g/mol. The minimum atomic E-state index is -0.359. The molecular weight excluding hydrogens is 168 g/mol. The second kappa shape index (κ2) is 3.84. The van der Waals surface area contributed by atoms with Crippen molar-refractivity contribution in [3.63, 3.8) is 0 Å². The molecule has 2 heterocycles. The van der Waals surface area contributed by atoms with E-state index in [9.17, 15) is 4.79 Å². The highest BCUT2D eigenvalue weighted by Gasteiger charge is 2.00. The van der Waals surface area contributed by atoms with Crippen LogP contribution in [-0.2, 0) is 0 Å². The number of imidazole rings is 1. The maximum atomic E-state index is 10.8. The summed E-state index contributed by atoms with van der Waals surface area (Å²) in [6, 6.07) is 0. The van der Waals surface area contributed by atoms with E-state index < -0.39 is 0 Å². The van der Waals surface area contributed by atoms with Crippen molar-refractivity contribution >= 4 is 11.2 Å². The van der Waals surface area contributed by atoms with Gasteiger partial charge in [-0.25, -0.2) is 9.78 Å². The molecule has 0 fully saturated rings. The summed E-state index contributed by atoms with van der Waals surface area (Å²) >= 11 is 0. The van der Waals surface area contributed by atoms with Gasteiger partial charge in [-0.15, -0.1) is 0 Å². The Labute approximate surface area is 75.2 Å². The summed E-state index contributed by atoms with van der Waals surface area (Å²) in [6.07, 6.45) is 1.51. The topological polar surface area (TPSA) is 74.4 Å². The molecule has 70 valence electrons. The molecule has 0 atom stereocenters. The number of hydrogen-bond donors (Lipinski definition) is 2. The largest absolute Gasteiger partial charge is 0.347 e. The Kier molecular flexibility index (Phi) is 2.79. The zero-order valence-electron chi connectivity index (χ0n) is 7.88. The van der Waals surface area contributed by atoms with Crippen molar-refractivity contribution in [2.45, 2.75) is 20.8 Å². The van der Waals surface area contributed by atoms with Crippen LogP contribution in [0.25, 0.3) is 11.2 Å². The summed E-state index contributed by atoms with van der Waals surface area (Å²) in [6.45, 7) is 5.80. The summed E-state index contributed by atoms with van der Waals surface area (Å²) in [5, 5.41) is 0. The summed E-state index contributed by atoms with van der Waals surface area (Å²) in [4.78, 5) is 23.7. The maximum Gasteiger partial charge on any atom is 0.347 e. The average Bonchev–Trinajstić information content (AvgIpc) is 2.55. The molecule has 0 saturated carbocycles. The molecule has 2 aromatic rings. The molecule has 0 aliphatic rings. The Balaban J connectivity index is 0.000000396. The highest BCUT2D eigenvalue weighted by atomic mass is 16.1. The van der Waals surface area contributed by atoms with E-state index in [4.69, 9.17) is 0 Å². The first-order valence-corrected chi connectivity index (χ1v) is 4.17. The van der Waals surface area contributed by atoms with E-state index in [2.05, 4.69) is 19.9 Å². The van der Waals surface area contributed by atoms with Crippen molar-refractivity contribution < 1.29 is 0 Å². The molecule has 5 heteroatoms. The first-order valence-electron chi connectivity index (χ1n) is 4.17. The molecule has 2 aromatic heterocycles. The quantitative estimate of drug-likeness (QED) is 0.634. The molecule has 0 bridgehead atoms. The van der Waals surface area contributed by atoms with Gasteiger partial charge in [0.2, 0.25) is 0 Å². The smallest absolute Gasteiger partial charge is 0.342 e. The Hall–Kier alpha value is -1.65. The van der Waals surface area contributed by atoms with E-state index in [0.29, 0.717) is 5.65 Å². The van der Waals surface area contributed by atoms with E-state index >= 15 is 0 Å². The maximum absolute atomic E-state index is 10.8. The van der Waals surface area contributed by atoms with Crippen molar-refractivity contribution in [1.29, 1.82) is 0 Å². The van der Waals surface area contributed by atoms with Crippen LogP contribution in [0.2, 0.25) is 0 Å². The van der Waals surface area contributed by atoms with Crippen molar-refractivity contribution in [3.05, 3.63) is 22.5 Å². The number of rotatable bonds is 0. The third-order valence-electron chi connectivity index (χ3n) is 1.50. The lowest BCUT2D eigenvalue weighted by Gasteiger charge is -1.90. The molecule has 0 aromatic carbocycles. The van der Waals surface area contributed by atoms with Gasteiger partial charge in [-0.2, -0.15) is 4.98 Å². The monoisotopic (exact) mass is 180 g/mol. The van der Waals surface area contributed by atoms with Crippen LogP contribution in [0.3, 0.4) is 0 Å². The van der Waals surface area contributed by atoms with Crippen LogP contribution in [0.5, 0.6) is 0 Å². The van der Waals surface area contributed by atoms with Crippen LogP contribution in [0, 0.1) is 6.92 Å². The van der Waals surface area contributed by atoms with Crippen molar-refractivity contribution in [1.82, 2.24) is 19.9 Å². The van der Waals surface area contributed by atoms with Crippen LogP contribution in [0.15, 0.2) is 11.1 Å². The van der Waals surface area contributed by atoms with E-state index in [1.807, 2.05) is 13.8 Å². The predicted molar refractivity (Wildman–Crippen MR) is 50.6 cm³/mol. The van der Waals surface area contributed by atoms with Gasteiger partial charge in [-0.05, 0) is 6.92 Å². The molecular formula is C8H12N4O. The molecule has 0 saturated heterocycles. The van der Waals surface area contributed by atoms with Crippen molar-refractivity contribution in [3.8, 4) is 0 Å². The summed E-state index contributed by atoms with van der Waals surface area (Å²) in [7, 11) is 0. The van der Waals surface area contributed by atoms with E-state index in [-0.39, 0.29) is 5.69 Å². The molecule has 13 heavy (non-hydrogen) atoms. The standard InChI is InChI=1S/C6H6N4O.C2H6/c1-3-4-5(8-2-7-4)10-6(11)9-3;1-2/h2H,1H3,(H2,7,8,9,10,11);1-2H3. The molecule has 0 amide bonds. The van der Waals surface area contributed by atoms with Crippen molar-refractivity contribution in [2.24, 2.45) is 0 Å². The lowest BCUT2D eigenvalue weighted by atomic mass is 10.4. The molecule has 0 aliphatic heterocycles. The van der Waals surface area contributed by atoms with Gasteiger partial charge in [0.1, 0.15) is 5.52 Å². The normalized spacial score (nSPS) is 9.46. The Bertz CT molecular complexity index is 443. The predicted octanol–water partition coefficient (Wildman–Crippen LogP) is 0.981. The van der Waals surface area contributed by atoms with Crippen LogP contribution in [-0.4, -0.2) is 19.9 Å². The number of H-pyrrole nitrogens is 2. The minimum absolute atomic E-state index is 0.359. The van der Waals surface area contributed by atoms with Crippen molar-refractivity contribution in [2.75, 3.05) is 0 Å². The molecule has 0 aliphatic carbocycles. The fourth-order valence-corrected chi connectivity index (χ4v) is 0.995. The van der Waals surface area contributed by atoms with Gasteiger partial charge in [-0.3, -0.25) is 0 Å². The minimum Gasteiger partial charge on any atom is -0.342 e. The fraction of sp³-hybridized carbons (Fsp3) is 0.375. The van der Waals surface area contributed by atoms with Gasteiger partial charge in [0.25, 0.3) is 0 Å². The zero-order chi connectivity index (χ0) is 9.84. The highest BCUT2D eigenvalue weighted by Crippen LogP contribution is 2.04. The Morgan fingerprint density at radius 1 is 1.38 bits per heavy atom. The number of aromatic nitrogens is 4. The van der Waals surface area contributed by atoms with E-state index in [1.54, 1.807) is 6.92 Å². The molecule has 2 N–H and O–H groups in total. The summed E-state index contributed by atoms with van der Waals surface area (Å²) in [5.41, 5.74) is 1.65. The van der Waals surface area contributed by atoms with Crippen LogP contribution >= 0.6 is 0 Å². The molecule has 0 spiro atoms. The first kappa shape index (κ1) is 9.44. The van der Waals surface area contributed by atoms with Gasteiger partial charge in [0.05, 0.1) is 6.33 Å². The zero-order valence-corrected chi connectivity index (χ0v) is 7.88. The number of nitrogens with zero attached hydrogens (tertiary/aromatic N) is 2. The van der Waals surface area contributed by atoms with E-state index in [0.717, 1.165) is 11.2 Å². The van der Waals surface area contributed by atoms with E-state index in [1.165, 1.54) is 6.33 Å². The van der Waals surface area contributed by atoms with Gasteiger partial charge < -0.3 is 9.97 Å². The lowest BCUT2D eigenvalue weighted by Crippen LogP contribution is -2.11. The third kappa shape index (κ3) is 1.74. The number of fused-ring (bicyclic) bond motifs is 1. The van der Waals surface area contributed by atoms with Gasteiger partial charge >= 0.3 is 5.69 Å². The lowest BCUT2D eigenvalue weighted by molar-refractivity contribution is 1.06. The van der Waals surface area contributed by atoms with Gasteiger partial charge in [0, 0.05) is 5.69 Å². The van der Waals surface area contributed by atoms with Gasteiger partial charge in [0.15, 0.2) is 5.65 Å². The molecule has 0 unspecified atom stereocenters. The number of hydrogen-bond acceptors (Lipinski definition) is 3. The highest BCUT2D eigenvalue weighted by molar-refractivity contribution is 5.71. The fourth-order valence-electron chi connectivity index (χ4n) is 0.995. The van der Waals surface area contributed by atoms with Crippen LogP contribution in [0.1, 0.15) is 19.5 Å². The van der Waals surface area contributed by atoms with Crippen LogP contribution < -0.4 is 5.69 Å². The second-order valence-electron chi connectivity index (χ2n) is 2.27. The molecule has 5 nitrogen and oxygen atoms in total. The Morgan fingerprint density at radius 3 is 2.77 bits per heavy atom. The third-order valence-corrected chi connectivity index (χ3v) is 1.50. The molecule has 2 rings (SSSR count). The Morgan fingerprint density at radius 2 is 2.08 bits per heavy atom. The van der Waals surface area contributed by atoms with Gasteiger partial charge in [-0.1, -0.05) is 13.8 Å². The summed E-state index contributed by atoms with van der Waals surface area (Å²) in [5.74, 6) is 0. The number of nitrogens with one attached hydrogen (secondary N) is 2. The van der Waals surface area contributed by atoms with Crippen LogP contribution in [0.4, 0.5) is 0 Å².